The fourth-order valence-corrected chi connectivity index (χ4v) is 3.31. The van der Waals surface area contributed by atoms with Crippen molar-refractivity contribution in [2.45, 2.75) is 6.61 Å². The van der Waals surface area contributed by atoms with E-state index in [0.717, 1.165) is 15.6 Å². The Bertz CT molecular complexity index is 1260. The minimum Gasteiger partial charge on any atom is -0.489 e. The highest BCUT2D eigenvalue weighted by molar-refractivity contribution is 9.10. The molecule has 150 valence electrons. The van der Waals surface area contributed by atoms with E-state index in [4.69, 9.17) is 9.15 Å². The van der Waals surface area contributed by atoms with Crippen molar-refractivity contribution >= 4 is 32.9 Å². The summed E-state index contributed by atoms with van der Waals surface area (Å²) in [4.78, 5) is 24.4. The number of benzene rings is 3. The van der Waals surface area contributed by atoms with Gasteiger partial charge in [-0.1, -0.05) is 40.2 Å². The molecule has 1 aromatic heterocycles. The van der Waals surface area contributed by atoms with Gasteiger partial charge < -0.3 is 13.9 Å². The van der Waals surface area contributed by atoms with Crippen LogP contribution in [0.1, 0.15) is 15.9 Å². The average molecular weight is 465 g/mol. The molecule has 4 aromatic rings. The molecule has 3 aromatic carbocycles. The van der Waals surface area contributed by atoms with Crippen molar-refractivity contribution in [3.05, 3.63) is 98.8 Å². The van der Waals surface area contributed by atoms with Crippen LogP contribution in [0.3, 0.4) is 0 Å². The van der Waals surface area contributed by atoms with Gasteiger partial charge >= 0.3 is 5.97 Å². The number of esters is 1. The summed E-state index contributed by atoms with van der Waals surface area (Å²) >= 11 is 3.39. The number of carbonyl (C=O) groups is 1. The Labute approximate surface area is 181 Å². The lowest BCUT2D eigenvalue weighted by molar-refractivity contribution is 0.0600. The number of fused-ring (bicyclic) bond motifs is 1. The zero-order valence-electron chi connectivity index (χ0n) is 16.1. The molecule has 0 fully saturated rings. The third-order valence-electron chi connectivity index (χ3n) is 4.68. The van der Waals surface area contributed by atoms with E-state index >= 15 is 0 Å². The Kier molecular flexibility index (Phi) is 5.68. The van der Waals surface area contributed by atoms with Gasteiger partial charge in [-0.25, -0.2) is 4.79 Å². The molecule has 1 heterocycles. The standard InChI is InChI=1S/C24H17BrO5/c1-28-24(27)17-4-2-15(3-5-17)13-29-19-10-11-20-22(12-19)30-14-21(23(20)26)16-6-8-18(25)9-7-16/h2-12,14H,13H2,1H3. The van der Waals surface area contributed by atoms with Gasteiger partial charge in [0.1, 0.15) is 24.2 Å². The summed E-state index contributed by atoms with van der Waals surface area (Å²) in [5.41, 5.74) is 3.05. The SMILES string of the molecule is COC(=O)c1ccc(COc2ccc3c(=O)c(-c4ccc(Br)cc4)coc3c2)cc1. The van der Waals surface area contributed by atoms with E-state index in [1.807, 2.05) is 24.3 Å². The number of ether oxygens (including phenoxy) is 2. The molecule has 30 heavy (non-hydrogen) atoms. The molecular formula is C24H17BrO5. The normalized spacial score (nSPS) is 10.7. The number of methoxy groups -OCH3 is 1. The Hall–Kier alpha value is -3.38. The molecule has 0 amide bonds. The van der Waals surface area contributed by atoms with Gasteiger partial charge in [0.25, 0.3) is 0 Å². The van der Waals surface area contributed by atoms with Gasteiger partial charge in [0.2, 0.25) is 0 Å². The van der Waals surface area contributed by atoms with E-state index in [1.54, 1.807) is 42.5 Å². The molecule has 0 radical (unpaired) electrons. The largest absolute Gasteiger partial charge is 0.489 e. The first-order valence-electron chi connectivity index (χ1n) is 9.17. The van der Waals surface area contributed by atoms with E-state index in [-0.39, 0.29) is 11.4 Å². The molecule has 4 rings (SSSR count). The quantitative estimate of drug-likeness (QED) is 0.360. The van der Waals surface area contributed by atoms with E-state index in [1.165, 1.54) is 13.4 Å². The van der Waals surface area contributed by atoms with Crippen molar-refractivity contribution in [1.82, 2.24) is 0 Å². The highest BCUT2D eigenvalue weighted by Crippen LogP contribution is 2.24. The predicted octanol–water partition coefficient (Wildman–Crippen LogP) is 5.59. The zero-order chi connectivity index (χ0) is 21.1. The first-order valence-corrected chi connectivity index (χ1v) is 9.96. The fourth-order valence-electron chi connectivity index (χ4n) is 3.05. The van der Waals surface area contributed by atoms with Gasteiger partial charge in [0.05, 0.1) is 23.6 Å². The second-order valence-corrected chi connectivity index (χ2v) is 7.54. The van der Waals surface area contributed by atoms with Gasteiger partial charge in [0, 0.05) is 10.5 Å². The minimum atomic E-state index is -0.380. The van der Waals surface area contributed by atoms with Crippen molar-refractivity contribution in [3.63, 3.8) is 0 Å². The van der Waals surface area contributed by atoms with E-state index in [9.17, 15) is 9.59 Å². The fraction of sp³-hybridized carbons (Fsp3) is 0.0833. The summed E-state index contributed by atoms with van der Waals surface area (Å²) in [5.74, 6) is 0.202. The molecular weight excluding hydrogens is 448 g/mol. The Balaban J connectivity index is 1.54. The van der Waals surface area contributed by atoms with Crippen LogP contribution < -0.4 is 10.2 Å². The summed E-state index contributed by atoms with van der Waals surface area (Å²) in [7, 11) is 1.35. The summed E-state index contributed by atoms with van der Waals surface area (Å²) in [6.07, 6.45) is 1.48. The lowest BCUT2D eigenvalue weighted by Crippen LogP contribution is -2.05. The molecule has 0 saturated carbocycles. The van der Waals surface area contributed by atoms with Gasteiger partial charge in [-0.2, -0.15) is 0 Å². The first-order chi connectivity index (χ1) is 14.5. The molecule has 0 unspecified atom stereocenters. The number of hydrogen-bond acceptors (Lipinski definition) is 5. The minimum absolute atomic E-state index is 0.0940. The summed E-state index contributed by atoms with van der Waals surface area (Å²) in [6, 6.07) is 19.6. The Morgan fingerprint density at radius 2 is 1.73 bits per heavy atom. The first kappa shape index (κ1) is 19.9. The van der Waals surface area contributed by atoms with Crippen LogP contribution in [0.15, 0.2) is 86.7 Å². The van der Waals surface area contributed by atoms with Crippen LogP contribution in [0, 0.1) is 0 Å². The van der Waals surface area contributed by atoms with Gasteiger partial charge in [0.15, 0.2) is 5.43 Å². The smallest absolute Gasteiger partial charge is 0.337 e. The maximum absolute atomic E-state index is 12.9. The number of carbonyl (C=O) groups excluding carboxylic acids is 1. The van der Waals surface area contributed by atoms with Crippen molar-refractivity contribution in [2.75, 3.05) is 7.11 Å². The molecule has 0 aliphatic carbocycles. The summed E-state index contributed by atoms with van der Waals surface area (Å²) in [6.45, 7) is 0.314. The van der Waals surface area contributed by atoms with Crippen LogP contribution in [0.2, 0.25) is 0 Å². The maximum atomic E-state index is 12.9. The molecule has 0 saturated heterocycles. The molecule has 0 spiro atoms. The van der Waals surface area contributed by atoms with Crippen molar-refractivity contribution < 1.29 is 18.7 Å². The monoisotopic (exact) mass is 464 g/mol. The molecule has 5 nitrogen and oxygen atoms in total. The van der Waals surface area contributed by atoms with Crippen LogP contribution in [-0.2, 0) is 11.3 Å². The third-order valence-corrected chi connectivity index (χ3v) is 5.21. The van der Waals surface area contributed by atoms with E-state index < -0.39 is 0 Å². The Morgan fingerprint density at radius 1 is 1.00 bits per heavy atom. The van der Waals surface area contributed by atoms with Crippen molar-refractivity contribution in [1.29, 1.82) is 0 Å². The number of rotatable bonds is 5. The van der Waals surface area contributed by atoms with Crippen LogP contribution in [-0.4, -0.2) is 13.1 Å². The number of halogens is 1. The topological polar surface area (TPSA) is 65.7 Å². The number of hydrogen-bond donors (Lipinski definition) is 0. The molecule has 0 bridgehead atoms. The van der Waals surface area contributed by atoms with Crippen molar-refractivity contribution in [2.24, 2.45) is 0 Å². The maximum Gasteiger partial charge on any atom is 0.337 e. The highest BCUT2D eigenvalue weighted by atomic mass is 79.9. The third kappa shape index (κ3) is 4.14. The molecule has 0 aliphatic heterocycles. The van der Waals surface area contributed by atoms with Gasteiger partial charge in [-0.3, -0.25) is 4.79 Å². The average Bonchev–Trinajstić information content (AvgIpc) is 2.78. The van der Waals surface area contributed by atoms with Crippen LogP contribution >= 0.6 is 15.9 Å². The lowest BCUT2D eigenvalue weighted by atomic mass is 10.1. The Morgan fingerprint density at radius 3 is 2.43 bits per heavy atom. The molecule has 0 atom stereocenters. The molecule has 6 heteroatoms. The molecule has 0 aliphatic rings. The predicted molar refractivity (Wildman–Crippen MR) is 118 cm³/mol. The zero-order valence-corrected chi connectivity index (χ0v) is 17.6. The van der Waals surface area contributed by atoms with Crippen molar-refractivity contribution in [3.8, 4) is 16.9 Å². The highest BCUT2D eigenvalue weighted by Gasteiger charge is 2.10. The summed E-state index contributed by atoms with van der Waals surface area (Å²) < 4.78 is 17.2. The second-order valence-electron chi connectivity index (χ2n) is 6.62. The van der Waals surface area contributed by atoms with Crippen LogP contribution in [0.25, 0.3) is 22.1 Å². The van der Waals surface area contributed by atoms with Crippen LogP contribution in [0.5, 0.6) is 5.75 Å². The summed E-state index contributed by atoms with van der Waals surface area (Å²) in [5, 5.41) is 0.491. The molecule has 0 N–H and O–H groups in total. The van der Waals surface area contributed by atoms with Gasteiger partial charge in [-0.15, -0.1) is 0 Å². The van der Waals surface area contributed by atoms with Crippen LogP contribution in [0.4, 0.5) is 0 Å². The van der Waals surface area contributed by atoms with Gasteiger partial charge in [-0.05, 0) is 47.5 Å². The lowest BCUT2D eigenvalue weighted by Gasteiger charge is -2.08. The second kappa shape index (κ2) is 8.55. The van der Waals surface area contributed by atoms with E-state index in [0.29, 0.717) is 34.5 Å². The van der Waals surface area contributed by atoms with E-state index in [2.05, 4.69) is 20.7 Å².